The highest BCUT2D eigenvalue weighted by Crippen LogP contribution is 2.29. The van der Waals surface area contributed by atoms with Crippen LogP contribution in [0, 0.1) is 5.92 Å². The summed E-state index contributed by atoms with van der Waals surface area (Å²) in [6.45, 7) is 3.32. The Bertz CT molecular complexity index is 615. The molecule has 0 N–H and O–H groups in total. The SMILES string of the molecule is COc1ccc(-c2nc(CN(C)C3CCC(C)CC3)cs2)cc1. The summed E-state index contributed by atoms with van der Waals surface area (Å²) in [5, 5.41) is 3.29. The average Bonchev–Trinajstić information content (AvgIpc) is 3.04. The van der Waals surface area contributed by atoms with E-state index in [9.17, 15) is 0 Å². The second kappa shape index (κ2) is 7.45. The van der Waals surface area contributed by atoms with E-state index in [2.05, 4.69) is 36.4 Å². The molecule has 0 spiro atoms. The van der Waals surface area contributed by atoms with E-state index in [1.807, 2.05) is 12.1 Å². The summed E-state index contributed by atoms with van der Waals surface area (Å²) < 4.78 is 5.21. The van der Waals surface area contributed by atoms with Crippen LogP contribution in [-0.4, -0.2) is 30.1 Å². The van der Waals surface area contributed by atoms with Gasteiger partial charge in [-0.1, -0.05) is 6.92 Å². The molecule has 1 aliphatic rings. The topological polar surface area (TPSA) is 25.4 Å². The predicted octanol–water partition coefficient (Wildman–Crippen LogP) is 4.83. The third-order valence-corrected chi connectivity index (χ3v) is 5.85. The first-order valence-electron chi connectivity index (χ1n) is 8.44. The maximum atomic E-state index is 5.21. The molecule has 1 aromatic heterocycles. The normalized spacial score (nSPS) is 21.6. The summed E-state index contributed by atoms with van der Waals surface area (Å²) in [5.74, 6) is 1.79. The van der Waals surface area contributed by atoms with Crippen molar-refractivity contribution in [1.29, 1.82) is 0 Å². The van der Waals surface area contributed by atoms with Crippen LogP contribution in [0.2, 0.25) is 0 Å². The molecule has 4 heteroatoms. The standard InChI is InChI=1S/C19H26N2OS/c1-14-4-8-17(9-5-14)21(2)12-16-13-23-19(20-16)15-6-10-18(22-3)11-7-15/h6-7,10-11,13-14,17H,4-5,8-9,12H2,1-3H3. The minimum absolute atomic E-state index is 0.720. The molecule has 1 heterocycles. The van der Waals surface area contributed by atoms with Gasteiger partial charge in [0.05, 0.1) is 12.8 Å². The van der Waals surface area contributed by atoms with Crippen molar-refractivity contribution in [3.63, 3.8) is 0 Å². The molecule has 1 aromatic carbocycles. The molecule has 3 nitrogen and oxygen atoms in total. The van der Waals surface area contributed by atoms with Crippen molar-refractivity contribution in [2.75, 3.05) is 14.2 Å². The van der Waals surface area contributed by atoms with Gasteiger partial charge in [-0.2, -0.15) is 0 Å². The van der Waals surface area contributed by atoms with E-state index in [1.54, 1.807) is 18.4 Å². The highest BCUT2D eigenvalue weighted by molar-refractivity contribution is 7.13. The number of ether oxygens (including phenoxy) is 1. The second-order valence-electron chi connectivity index (χ2n) is 6.70. The number of hydrogen-bond donors (Lipinski definition) is 0. The molecule has 0 bridgehead atoms. The largest absolute Gasteiger partial charge is 0.497 e. The summed E-state index contributed by atoms with van der Waals surface area (Å²) in [6.07, 6.45) is 5.38. The first kappa shape index (κ1) is 16.5. The van der Waals surface area contributed by atoms with Crippen LogP contribution >= 0.6 is 11.3 Å². The molecule has 0 atom stereocenters. The van der Waals surface area contributed by atoms with Crippen LogP contribution in [0.4, 0.5) is 0 Å². The Morgan fingerprint density at radius 2 is 1.87 bits per heavy atom. The van der Waals surface area contributed by atoms with Gasteiger partial charge in [-0.3, -0.25) is 4.90 Å². The summed E-state index contributed by atoms with van der Waals surface area (Å²) in [7, 11) is 3.94. The maximum absolute atomic E-state index is 5.21. The third-order valence-electron chi connectivity index (χ3n) is 4.91. The second-order valence-corrected chi connectivity index (χ2v) is 7.56. The predicted molar refractivity (Wildman–Crippen MR) is 97.0 cm³/mol. The molecule has 0 unspecified atom stereocenters. The minimum atomic E-state index is 0.720. The molecule has 1 aliphatic carbocycles. The summed E-state index contributed by atoms with van der Waals surface area (Å²) in [4.78, 5) is 7.31. The van der Waals surface area contributed by atoms with Gasteiger partial charge in [-0.15, -0.1) is 11.3 Å². The fraction of sp³-hybridized carbons (Fsp3) is 0.526. The monoisotopic (exact) mass is 330 g/mol. The number of hydrogen-bond acceptors (Lipinski definition) is 4. The molecule has 124 valence electrons. The first-order valence-corrected chi connectivity index (χ1v) is 9.32. The number of nitrogens with zero attached hydrogens (tertiary/aromatic N) is 2. The molecule has 0 aliphatic heterocycles. The van der Waals surface area contributed by atoms with Gasteiger partial charge in [0.2, 0.25) is 0 Å². The third kappa shape index (κ3) is 4.12. The Morgan fingerprint density at radius 3 is 2.52 bits per heavy atom. The fourth-order valence-corrected chi connectivity index (χ4v) is 4.13. The van der Waals surface area contributed by atoms with Crippen molar-refractivity contribution in [1.82, 2.24) is 9.88 Å². The lowest BCUT2D eigenvalue weighted by atomic mass is 9.87. The van der Waals surface area contributed by atoms with Gasteiger partial charge < -0.3 is 4.74 Å². The van der Waals surface area contributed by atoms with E-state index in [-0.39, 0.29) is 0 Å². The number of aromatic nitrogens is 1. The first-order chi connectivity index (χ1) is 11.2. The molecule has 2 aromatic rings. The zero-order chi connectivity index (χ0) is 16.2. The highest BCUT2D eigenvalue weighted by atomic mass is 32.1. The molecule has 23 heavy (non-hydrogen) atoms. The molecule has 1 saturated carbocycles. The molecule has 1 fully saturated rings. The molecular weight excluding hydrogens is 304 g/mol. The number of rotatable bonds is 5. The van der Waals surface area contributed by atoms with Gasteiger partial charge in [-0.25, -0.2) is 4.98 Å². The summed E-state index contributed by atoms with van der Waals surface area (Å²) in [5.41, 5.74) is 2.35. The fourth-order valence-electron chi connectivity index (χ4n) is 3.31. The van der Waals surface area contributed by atoms with Gasteiger partial charge in [0.1, 0.15) is 10.8 Å². The smallest absolute Gasteiger partial charge is 0.123 e. The minimum Gasteiger partial charge on any atom is -0.497 e. The van der Waals surface area contributed by atoms with E-state index in [1.165, 1.54) is 31.4 Å². The molecular formula is C19H26N2OS. The zero-order valence-electron chi connectivity index (χ0n) is 14.3. The lowest BCUT2D eigenvalue weighted by Gasteiger charge is -2.33. The van der Waals surface area contributed by atoms with E-state index in [0.717, 1.165) is 34.8 Å². The van der Waals surface area contributed by atoms with E-state index >= 15 is 0 Å². The van der Waals surface area contributed by atoms with Crippen LogP contribution in [0.25, 0.3) is 10.6 Å². The Balaban J connectivity index is 1.62. The van der Waals surface area contributed by atoms with Crippen molar-refractivity contribution in [3.05, 3.63) is 35.3 Å². The number of benzene rings is 1. The quantitative estimate of drug-likeness (QED) is 0.785. The molecule has 3 rings (SSSR count). The lowest BCUT2D eigenvalue weighted by molar-refractivity contribution is 0.162. The average molecular weight is 330 g/mol. The van der Waals surface area contributed by atoms with Crippen molar-refractivity contribution < 1.29 is 4.74 Å². The maximum Gasteiger partial charge on any atom is 0.123 e. The van der Waals surface area contributed by atoms with Gasteiger partial charge in [0, 0.05) is 23.5 Å². The Kier molecular flexibility index (Phi) is 5.34. The Hall–Kier alpha value is -1.39. The Morgan fingerprint density at radius 1 is 1.17 bits per heavy atom. The van der Waals surface area contributed by atoms with Crippen LogP contribution in [0.15, 0.2) is 29.6 Å². The summed E-state index contributed by atoms with van der Waals surface area (Å²) in [6, 6.07) is 8.86. The van der Waals surface area contributed by atoms with Gasteiger partial charge in [0.15, 0.2) is 0 Å². The zero-order valence-corrected chi connectivity index (χ0v) is 15.1. The van der Waals surface area contributed by atoms with Gasteiger partial charge in [-0.05, 0) is 62.9 Å². The molecule has 0 saturated heterocycles. The summed E-state index contributed by atoms with van der Waals surface area (Å²) >= 11 is 1.73. The molecule has 0 radical (unpaired) electrons. The van der Waals surface area contributed by atoms with Crippen LogP contribution in [-0.2, 0) is 6.54 Å². The Labute approximate surface area is 143 Å². The number of methoxy groups -OCH3 is 1. The molecule has 0 amide bonds. The van der Waals surface area contributed by atoms with Crippen molar-refractivity contribution in [2.45, 2.75) is 45.2 Å². The van der Waals surface area contributed by atoms with E-state index < -0.39 is 0 Å². The van der Waals surface area contributed by atoms with Crippen LogP contribution in [0.3, 0.4) is 0 Å². The lowest BCUT2D eigenvalue weighted by Crippen LogP contribution is -2.34. The van der Waals surface area contributed by atoms with Crippen molar-refractivity contribution in [2.24, 2.45) is 5.92 Å². The van der Waals surface area contributed by atoms with Crippen LogP contribution in [0.1, 0.15) is 38.3 Å². The van der Waals surface area contributed by atoms with E-state index in [0.29, 0.717) is 0 Å². The van der Waals surface area contributed by atoms with Crippen molar-refractivity contribution in [3.8, 4) is 16.3 Å². The van der Waals surface area contributed by atoms with Crippen LogP contribution in [0.5, 0.6) is 5.75 Å². The highest BCUT2D eigenvalue weighted by Gasteiger charge is 2.22. The van der Waals surface area contributed by atoms with E-state index in [4.69, 9.17) is 9.72 Å². The van der Waals surface area contributed by atoms with Crippen LogP contribution < -0.4 is 4.74 Å². The van der Waals surface area contributed by atoms with Gasteiger partial charge >= 0.3 is 0 Å². The number of thiazole rings is 1. The van der Waals surface area contributed by atoms with Gasteiger partial charge in [0.25, 0.3) is 0 Å². The van der Waals surface area contributed by atoms with Crippen molar-refractivity contribution >= 4 is 11.3 Å².